The molecule has 0 bridgehead atoms. The van der Waals surface area contributed by atoms with E-state index in [-0.39, 0.29) is 11.3 Å². The van der Waals surface area contributed by atoms with Gasteiger partial charge in [0.15, 0.2) is 23.0 Å². The number of hydrogen-bond acceptors (Lipinski definition) is 5. The fourth-order valence-corrected chi connectivity index (χ4v) is 4.85. The van der Waals surface area contributed by atoms with Crippen LogP contribution in [0.5, 0.6) is 23.0 Å². The molecule has 178 valence electrons. The minimum absolute atomic E-state index is 0.0141. The summed E-state index contributed by atoms with van der Waals surface area (Å²) in [4.78, 5) is 14.0. The first-order chi connectivity index (χ1) is 16.2. The van der Waals surface area contributed by atoms with Crippen molar-refractivity contribution in [3.63, 3.8) is 0 Å². The van der Waals surface area contributed by atoms with E-state index in [9.17, 15) is 4.79 Å². The van der Waals surface area contributed by atoms with Gasteiger partial charge >= 0.3 is 0 Å². The van der Waals surface area contributed by atoms with Crippen LogP contribution in [0.1, 0.15) is 36.7 Å². The fourth-order valence-electron chi connectivity index (χ4n) is 4.24. The summed E-state index contributed by atoms with van der Waals surface area (Å²) in [6, 6.07) is 13.3. The number of methoxy groups -OCH3 is 4. The summed E-state index contributed by atoms with van der Waals surface area (Å²) in [6.07, 6.45) is 0. The molecule has 0 radical (unpaired) electrons. The van der Waals surface area contributed by atoms with Crippen LogP contribution in [0.2, 0.25) is 0 Å². The summed E-state index contributed by atoms with van der Waals surface area (Å²) < 4.78 is 24.9. The van der Waals surface area contributed by atoms with Crippen LogP contribution in [-0.4, -0.2) is 38.9 Å². The molecule has 0 unspecified atom stereocenters. The molecule has 0 fully saturated rings. The second kappa shape index (κ2) is 8.87. The Labute approximate surface area is 207 Å². The van der Waals surface area contributed by atoms with Crippen LogP contribution in [0.3, 0.4) is 0 Å². The minimum atomic E-state index is -0.189. The zero-order valence-electron chi connectivity index (χ0n) is 20.4. The molecule has 0 saturated heterocycles. The van der Waals surface area contributed by atoms with Gasteiger partial charge in [0, 0.05) is 26.9 Å². The van der Waals surface area contributed by atoms with Gasteiger partial charge < -0.3 is 18.9 Å². The van der Waals surface area contributed by atoms with E-state index >= 15 is 0 Å². The number of halogens is 1. The van der Waals surface area contributed by atoms with Crippen molar-refractivity contribution >= 4 is 43.6 Å². The molecule has 0 spiro atoms. The van der Waals surface area contributed by atoms with Gasteiger partial charge in [0.05, 0.1) is 34.0 Å². The Morgan fingerprint density at radius 1 is 0.824 bits per heavy atom. The molecule has 0 aliphatic rings. The van der Waals surface area contributed by atoms with Gasteiger partial charge in [0.1, 0.15) is 5.52 Å². The molecule has 34 heavy (non-hydrogen) atoms. The molecule has 1 heterocycles. The normalized spacial score (nSPS) is 11.6. The first-order valence-corrected chi connectivity index (χ1v) is 11.6. The zero-order chi connectivity index (χ0) is 24.8. The predicted octanol–water partition coefficient (Wildman–Crippen LogP) is 6.58. The Bertz CT molecular complexity index is 1400. The van der Waals surface area contributed by atoms with E-state index in [0.717, 1.165) is 20.8 Å². The maximum atomic E-state index is 14.0. The largest absolute Gasteiger partial charge is 0.493 e. The van der Waals surface area contributed by atoms with E-state index in [0.29, 0.717) is 39.6 Å². The van der Waals surface area contributed by atoms with Gasteiger partial charge in [-0.1, -0.05) is 32.9 Å². The van der Waals surface area contributed by atoms with Crippen LogP contribution in [0.25, 0.3) is 21.8 Å². The first kappa shape index (κ1) is 24.0. The number of hydrogen-bond donors (Lipinski definition) is 0. The highest BCUT2D eigenvalue weighted by Crippen LogP contribution is 2.47. The molecule has 0 N–H and O–H groups in total. The van der Waals surface area contributed by atoms with Crippen molar-refractivity contribution in [3.05, 3.63) is 58.1 Å². The van der Waals surface area contributed by atoms with Gasteiger partial charge in [-0.05, 0) is 51.2 Å². The summed E-state index contributed by atoms with van der Waals surface area (Å²) >= 11 is 3.67. The average Bonchev–Trinajstić information content (AvgIpc) is 3.16. The number of carbonyl (C=O) groups is 1. The summed E-state index contributed by atoms with van der Waals surface area (Å²) in [5, 5.41) is 1.63. The fraction of sp³-hybridized carbons (Fsp3) is 0.296. The number of ether oxygens (including phenoxy) is 4. The number of benzene rings is 3. The van der Waals surface area contributed by atoms with Crippen molar-refractivity contribution in [1.82, 2.24) is 4.57 Å². The van der Waals surface area contributed by atoms with Crippen LogP contribution >= 0.6 is 15.9 Å². The smallest absolute Gasteiger partial charge is 0.263 e. The Kier molecular flexibility index (Phi) is 6.25. The minimum Gasteiger partial charge on any atom is -0.493 e. The first-order valence-electron chi connectivity index (χ1n) is 10.8. The summed E-state index contributed by atoms with van der Waals surface area (Å²) in [5.74, 6) is 1.89. The molecule has 0 aliphatic heterocycles. The lowest BCUT2D eigenvalue weighted by Gasteiger charge is -2.19. The highest BCUT2D eigenvalue weighted by Gasteiger charge is 2.27. The van der Waals surface area contributed by atoms with E-state index in [4.69, 9.17) is 18.9 Å². The number of fused-ring (bicyclic) bond motifs is 3. The van der Waals surface area contributed by atoms with Crippen molar-refractivity contribution in [3.8, 4) is 23.0 Å². The second-order valence-electron chi connectivity index (χ2n) is 9.01. The van der Waals surface area contributed by atoms with Crippen LogP contribution in [0.15, 0.2) is 46.9 Å². The van der Waals surface area contributed by atoms with Gasteiger partial charge in [-0.2, -0.15) is 0 Å². The molecular formula is C27H28BrNO5. The SMILES string of the molecule is COc1cc2c3c(Br)cc(OC)c(OC)c3n(C(=O)c3ccc(C(C)(C)C)cc3)c2cc1OC. The Morgan fingerprint density at radius 2 is 1.41 bits per heavy atom. The standard InChI is InChI=1S/C27H28BrNO5/c1-27(2,3)16-10-8-15(9-11-16)26(30)29-19-14-21(32-5)20(31-4)12-17(19)23-18(28)13-22(33-6)25(34-7)24(23)29/h8-14H,1-7H3. The van der Waals surface area contributed by atoms with Gasteiger partial charge in [-0.25, -0.2) is 0 Å². The lowest BCUT2D eigenvalue weighted by molar-refractivity contribution is 0.0969. The molecule has 6 nitrogen and oxygen atoms in total. The summed E-state index contributed by atoms with van der Waals surface area (Å²) in [5.41, 5.74) is 2.97. The monoisotopic (exact) mass is 525 g/mol. The lowest BCUT2D eigenvalue weighted by Crippen LogP contribution is -2.14. The molecule has 0 amide bonds. The maximum absolute atomic E-state index is 14.0. The third-order valence-corrected chi connectivity index (χ3v) is 6.66. The molecule has 4 rings (SSSR count). The quantitative estimate of drug-likeness (QED) is 0.294. The van der Waals surface area contributed by atoms with Crippen LogP contribution in [-0.2, 0) is 5.41 Å². The van der Waals surface area contributed by atoms with E-state index in [2.05, 4.69) is 36.7 Å². The highest BCUT2D eigenvalue weighted by molar-refractivity contribution is 9.10. The Morgan fingerprint density at radius 3 is 1.94 bits per heavy atom. The summed E-state index contributed by atoms with van der Waals surface area (Å²) in [7, 11) is 6.30. The van der Waals surface area contributed by atoms with Gasteiger partial charge in [-0.3, -0.25) is 9.36 Å². The van der Waals surface area contributed by atoms with Crippen molar-refractivity contribution in [2.24, 2.45) is 0 Å². The number of rotatable bonds is 5. The molecule has 0 aliphatic carbocycles. The van der Waals surface area contributed by atoms with Gasteiger partial charge in [-0.15, -0.1) is 0 Å². The molecule has 4 aromatic rings. The molecule has 7 heteroatoms. The van der Waals surface area contributed by atoms with E-state index in [1.54, 1.807) is 33.0 Å². The van der Waals surface area contributed by atoms with E-state index < -0.39 is 0 Å². The van der Waals surface area contributed by atoms with Crippen LogP contribution in [0.4, 0.5) is 0 Å². The van der Waals surface area contributed by atoms with Crippen molar-refractivity contribution in [1.29, 1.82) is 0 Å². The van der Waals surface area contributed by atoms with Crippen molar-refractivity contribution in [2.75, 3.05) is 28.4 Å². The number of carbonyl (C=O) groups excluding carboxylic acids is 1. The Hall–Kier alpha value is -3.19. The third kappa shape index (κ3) is 3.78. The third-order valence-electron chi connectivity index (χ3n) is 6.03. The van der Waals surface area contributed by atoms with Crippen LogP contribution in [0, 0.1) is 0 Å². The average molecular weight is 526 g/mol. The Balaban J connectivity index is 2.11. The van der Waals surface area contributed by atoms with Crippen molar-refractivity contribution < 1.29 is 23.7 Å². The van der Waals surface area contributed by atoms with Gasteiger partial charge in [0.2, 0.25) is 0 Å². The molecular weight excluding hydrogens is 498 g/mol. The molecule has 0 saturated carbocycles. The topological polar surface area (TPSA) is 58.9 Å². The van der Waals surface area contributed by atoms with Crippen molar-refractivity contribution in [2.45, 2.75) is 26.2 Å². The molecule has 1 aromatic heterocycles. The predicted molar refractivity (Wildman–Crippen MR) is 138 cm³/mol. The van der Waals surface area contributed by atoms with Gasteiger partial charge in [0.25, 0.3) is 5.91 Å². The van der Waals surface area contributed by atoms with E-state index in [1.807, 2.05) is 42.5 Å². The summed E-state index contributed by atoms with van der Waals surface area (Å²) in [6.45, 7) is 6.43. The zero-order valence-corrected chi connectivity index (χ0v) is 22.0. The highest BCUT2D eigenvalue weighted by atomic mass is 79.9. The second-order valence-corrected chi connectivity index (χ2v) is 9.86. The van der Waals surface area contributed by atoms with E-state index in [1.165, 1.54) is 0 Å². The number of aromatic nitrogens is 1. The lowest BCUT2D eigenvalue weighted by atomic mass is 9.86. The van der Waals surface area contributed by atoms with Crippen LogP contribution < -0.4 is 18.9 Å². The number of nitrogens with zero attached hydrogens (tertiary/aromatic N) is 1. The molecule has 3 aromatic carbocycles. The maximum Gasteiger partial charge on any atom is 0.263 e. The molecule has 0 atom stereocenters.